The lowest BCUT2D eigenvalue weighted by Crippen LogP contribution is -2.19. The normalized spacial score (nSPS) is 10.3. The molecule has 8 heteroatoms. The topological polar surface area (TPSA) is 98.1 Å². The maximum absolute atomic E-state index is 12.3. The van der Waals surface area contributed by atoms with E-state index in [1.165, 1.54) is 17.3 Å². The van der Waals surface area contributed by atoms with Crippen molar-refractivity contribution in [3.8, 4) is 5.75 Å². The number of carbonyl (C=O) groups excluding carboxylic acids is 2. The Labute approximate surface area is 156 Å². The maximum atomic E-state index is 12.3. The molecule has 0 radical (unpaired) electrons. The van der Waals surface area contributed by atoms with E-state index in [1.54, 1.807) is 48.5 Å². The third-order valence-electron chi connectivity index (χ3n) is 3.63. The van der Waals surface area contributed by atoms with Crippen molar-refractivity contribution in [2.24, 2.45) is 0 Å². The van der Waals surface area contributed by atoms with Crippen LogP contribution in [-0.2, 0) is 11.3 Å². The van der Waals surface area contributed by atoms with Gasteiger partial charge in [0.25, 0.3) is 5.91 Å². The lowest BCUT2D eigenvalue weighted by molar-refractivity contribution is -0.116. The molecule has 0 atom stereocenters. The molecule has 2 N–H and O–H groups in total. The molecule has 138 valence electrons. The highest BCUT2D eigenvalue weighted by molar-refractivity contribution is 6.04. The first-order valence-electron chi connectivity index (χ1n) is 8.40. The number of carbonyl (C=O) groups is 2. The van der Waals surface area contributed by atoms with Crippen LogP contribution in [0.3, 0.4) is 0 Å². The predicted octanol–water partition coefficient (Wildman–Crippen LogP) is 2.57. The number of ether oxygens (including phenoxy) is 1. The van der Waals surface area contributed by atoms with Crippen LogP contribution in [0.25, 0.3) is 0 Å². The number of amides is 2. The van der Waals surface area contributed by atoms with E-state index < -0.39 is 0 Å². The lowest BCUT2D eigenvalue weighted by Gasteiger charge is -2.08. The van der Waals surface area contributed by atoms with Gasteiger partial charge in [-0.15, -0.1) is 0 Å². The predicted molar refractivity (Wildman–Crippen MR) is 101 cm³/mol. The van der Waals surface area contributed by atoms with Crippen LogP contribution in [0.15, 0.2) is 61.2 Å². The fourth-order valence-electron chi connectivity index (χ4n) is 2.37. The van der Waals surface area contributed by atoms with E-state index in [-0.39, 0.29) is 18.4 Å². The average molecular weight is 365 g/mol. The first kappa shape index (κ1) is 18.1. The fraction of sp³-hybridized carbons (Fsp3) is 0.158. The number of nitrogens with zero attached hydrogens (tertiary/aromatic N) is 3. The molecule has 2 aromatic carbocycles. The van der Waals surface area contributed by atoms with Gasteiger partial charge in [-0.2, -0.15) is 5.10 Å². The average Bonchev–Trinajstić information content (AvgIpc) is 3.17. The van der Waals surface area contributed by atoms with E-state index in [0.717, 1.165) is 5.75 Å². The Morgan fingerprint density at radius 3 is 2.30 bits per heavy atom. The van der Waals surface area contributed by atoms with Crippen LogP contribution in [0.4, 0.5) is 11.4 Å². The van der Waals surface area contributed by atoms with Gasteiger partial charge in [-0.25, -0.2) is 9.67 Å². The van der Waals surface area contributed by atoms with Crippen LogP contribution in [0, 0.1) is 0 Å². The summed E-state index contributed by atoms with van der Waals surface area (Å²) >= 11 is 0. The largest absolute Gasteiger partial charge is 0.494 e. The van der Waals surface area contributed by atoms with Crippen LogP contribution in [0.5, 0.6) is 5.75 Å². The van der Waals surface area contributed by atoms with Gasteiger partial charge < -0.3 is 15.4 Å². The molecule has 8 nitrogen and oxygen atoms in total. The highest BCUT2D eigenvalue weighted by atomic mass is 16.5. The standard InChI is InChI=1S/C19H19N5O3/c1-2-27-17-9-7-16(8-10-17)23-19(26)14-3-5-15(6-4-14)22-18(25)11-24-13-20-12-21-24/h3-10,12-13H,2,11H2,1H3,(H,22,25)(H,23,26). The van der Waals surface area contributed by atoms with E-state index in [9.17, 15) is 9.59 Å². The smallest absolute Gasteiger partial charge is 0.255 e. The SMILES string of the molecule is CCOc1ccc(NC(=O)c2ccc(NC(=O)Cn3cncn3)cc2)cc1. The molecule has 0 fully saturated rings. The molecule has 0 bridgehead atoms. The summed E-state index contributed by atoms with van der Waals surface area (Å²) in [6.07, 6.45) is 2.83. The summed E-state index contributed by atoms with van der Waals surface area (Å²) < 4.78 is 6.80. The Morgan fingerprint density at radius 2 is 1.67 bits per heavy atom. The number of anilines is 2. The molecule has 1 heterocycles. The molecule has 3 aromatic rings. The van der Waals surface area contributed by atoms with E-state index in [4.69, 9.17) is 4.74 Å². The summed E-state index contributed by atoms with van der Waals surface area (Å²) in [6, 6.07) is 13.8. The van der Waals surface area contributed by atoms with Crippen LogP contribution < -0.4 is 15.4 Å². The number of hydrogen-bond acceptors (Lipinski definition) is 5. The summed E-state index contributed by atoms with van der Waals surface area (Å²) in [6.45, 7) is 2.57. The molecular weight excluding hydrogens is 346 g/mol. The van der Waals surface area contributed by atoms with Gasteiger partial charge in [0.05, 0.1) is 6.61 Å². The highest BCUT2D eigenvalue weighted by Gasteiger charge is 2.08. The van der Waals surface area contributed by atoms with Gasteiger partial charge in [-0.05, 0) is 55.5 Å². The molecular formula is C19H19N5O3. The monoisotopic (exact) mass is 365 g/mol. The molecule has 0 saturated heterocycles. The second-order valence-electron chi connectivity index (χ2n) is 5.63. The zero-order valence-corrected chi connectivity index (χ0v) is 14.8. The molecule has 3 rings (SSSR count). The van der Waals surface area contributed by atoms with E-state index in [2.05, 4.69) is 20.7 Å². The van der Waals surface area contributed by atoms with Crippen molar-refractivity contribution in [1.82, 2.24) is 14.8 Å². The molecule has 1 aromatic heterocycles. The molecule has 0 saturated carbocycles. The molecule has 0 unspecified atom stereocenters. The Balaban J connectivity index is 1.55. The summed E-state index contributed by atoms with van der Waals surface area (Å²) in [5, 5.41) is 9.43. The van der Waals surface area contributed by atoms with Gasteiger partial charge in [0.1, 0.15) is 24.9 Å². The van der Waals surface area contributed by atoms with Crippen molar-refractivity contribution in [3.63, 3.8) is 0 Å². The van der Waals surface area contributed by atoms with E-state index in [1.807, 2.05) is 6.92 Å². The van der Waals surface area contributed by atoms with Crippen molar-refractivity contribution in [1.29, 1.82) is 0 Å². The number of benzene rings is 2. The quantitative estimate of drug-likeness (QED) is 0.670. The van der Waals surface area contributed by atoms with Gasteiger partial charge in [0.15, 0.2) is 0 Å². The molecule has 0 aliphatic carbocycles. The molecule has 27 heavy (non-hydrogen) atoms. The zero-order valence-electron chi connectivity index (χ0n) is 14.8. The minimum atomic E-state index is -0.236. The summed E-state index contributed by atoms with van der Waals surface area (Å²) in [7, 11) is 0. The minimum absolute atomic E-state index is 0.0694. The van der Waals surface area contributed by atoms with Crippen molar-refractivity contribution < 1.29 is 14.3 Å². The van der Waals surface area contributed by atoms with E-state index in [0.29, 0.717) is 23.5 Å². The van der Waals surface area contributed by atoms with Crippen molar-refractivity contribution in [2.45, 2.75) is 13.5 Å². The summed E-state index contributed by atoms with van der Waals surface area (Å²) in [5.74, 6) is 0.285. The Kier molecular flexibility index (Phi) is 5.78. The molecule has 0 aliphatic heterocycles. The second-order valence-corrected chi connectivity index (χ2v) is 5.63. The molecule has 2 amide bonds. The number of hydrogen-bond donors (Lipinski definition) is 2. The third kappa shape index (κ3) is 5.15. The maximum Gasteiger partial charge on any atom is 0.255 e. The molecule has 0 aliphatic rings. The van der Waals surface area contributed by atoms with Gasteiger partial charge in [0, 0.05) is 16.9 Å². The highest BCUT2D eigenvalue weighted by Crippen LogP contribution is 2.17. The van der Waals surface area contributed by atoms with Gasteiger partial charge in [-0.1, -0.05) is 0 Å². The Bertz CT molecular complexity index is 890. The summed E-state index contributed by atoms with van der Waals surface area (Å²) in [4.78, 5) is 28.0. The van der Waals surface area contributed by atoms with Crippen molar-refractivity contribution in [3.05, 3.63) is 66.7 Å². The first-order chi connectivity index (χ1) is 13.1. The first-order valence-corrected chi connectivity index (χ1v) is 8.40. The van der Waals surface area contributed by atoms with E-state index >= 15 is 0 Å². The Morgan fingerprint density at radius 1 is 1.00 bits per heavy atom. The minimum Gasteiger partial charge on any atom is -0.494 e. The lowest BCUT2D eigenvalue weighted by atomic mass is 10.2. The van der Waals surface area contributed by atoms with Crippen molar-refractivity contribution in [2.75, 3.05) is 17.2 Å². The fourth-order valence-corrected chi connectivity index (χ4v) is 2.37. The Hall–Kier alpha value is -3.68. The summed E-state index contributed by atoms with van der Waals surface area (Å²) in [5.41, 5.74) is 1.75. The van der Waals surface area contributed by atoms with Crippen LogP contribution in [0.1, 0.15) is 17.3 Å². The number of rotatable bonds is 7. The zero-order chi connectivity index (χ0) is 19.1. The van der Waals surface area contributed by atoms with Gasteiger partial charge in [0.2, 0.25) is 5.91 Å². The van der Waals surface area contributed by atoms with Crippen LogP contribution in [0.2, 0.25) is 0 Å². The van der Waals surface area contributed by atoms with Crippen LogP contribution >= 0.6 is 0 Å². The van der Waals surface area contributed by atoms with Crippen molar-refractivity contribution >= 4 is 23.2 Å². The second kappa shape index (κ2) is 8.61. The third-order valence-corrected chi connectivity index (χ3v) is 3.63. The molecule has 0 spiro atoms. The number of nitrogens with one attached hydrogen (secondary N) is 2. The van der Waals surface area contributed by atoms with Gasteiger partial charge in [-0.3, -0.25) is 9.59 Å². The number of aromatic nitrogens is 3. The van der Waals surface area contributed by atoms with Crippen LogP contribution in [-0.4, -0.2) is 33.2 Å². The van der Waals surface area contributed by atoms with Gasteiger partial charge >= 0.3 is 0 Å².